The van der Waals surface area contributed by atoms with E-state index in [9.17, 15) is 13.2 Å². The molecule has 0 bridgehead atoms. The minimum absolute atomic E-state index is 0.0759. The average Bonchev–Trinajstić information content (AvgIpc) is 2.73. The van der Waals surface area contributed by atoms with Crippen LogP contribution in [-0.4, -0.2) is 33.0 Å². The first-order chi connectivity index (χ1) is 14.3. The van der Waals surface area contributed by atoms with Crippen LogP contribution in [0.5, 0.6) is 5.75 Å². The van der Waals surface area contributed by atoms with Gasteiger partial charge in [-0.15, -0.1) is 0 Å². The molecule has 1 aromatic heterocycles. The maximum atomic E-state index is 13.4. The number of hydrogen-bond acceptors (Lipinski definition) is 5. The van der Waals surface area contributed by atoms with E-state index in [4.69, 9.17) is 16.3 Å². The van der Waals surface area contributed by atoms with Gasteiger partial charge in [-0.3, -0.25) is 9.10 Å². The highest BCUT2D eigenvalue weighted by molar-refractivity contribution is 7.92. The lowest BCUT2D eigenvalue weighted by Crippen LogP contribution is -2.38. The molecule has 0 saturated heterocycles. The Morgan fingerprint density at radius 1 is 1.13 bits per heavy atom. The zero-order valence-corrected chi connectivity index (χ0v) is 17.9. The number of aryl methyl sites for hydroxylation is 1. The lowest BCUT2D eigenvalue weighted by Gasteiger charge is -2.26. The van der Waals surface area contributed by atoms with Gasteiger partial charge in [0, 0.05) is 18.0 Å². The number of pyridine rings is 1. The average molecular weight is 446 g/mol. The van der Waals surface area contributed by atoms with E-state index < -0.39 is 22.5 Å². The number of ether oxygens (including phenoxy) is 1. The van der Waals surface area contributed by atoms with Crippen molar-refractivity contribution >= 4 is 38.9 Å². The number of sulfonamides is 1. The minimum Gasteiger partial charge on any atom is -0.497 e. The topological polar surface area (TPSA) is 88.6 Å². The number of carbonyl (C=O) groups is 1. The molecule has 0 spiro atoms. The number of nitrogens with zero attached hydrogens (tertiary/aromatic N) is 2. The molecular weight excluding hydrogens is 426 g/mol. The molecule has 0 aliphatic heterocycles. The van der Waals surface area contributed by atoms with Crippen LogP contribution < -0.4 is 14.4 Å². The van der Waals surface area contributed by atoms with Gasteiger partial charge in [0.05, 0.1) is 17.7 Å². The van der Waals surface area contributed by atoms with Gasteiger partial charge in [-0.25, -0.2) is 13.4 Å². The summed E-state index contributed by atoms with van der Waals surface area (Å²) in [4.78, 5) is 16.7. The van der Waals surface area contributed by atoms with Crippen LogP contribution in [0.1, 0.15) is 5.56 Å². The highest BCUT2D eigenvalue weighted by Gasteiger charge is 2.28. The summed E-state index contributed by atoms with van der Waals surface area (Å²) in [5, 5.41) is 2.87. The quantitative estimate of drug-likeness (QED) is 0.557. The molecule has 1 amide bonds. The van der Waals surface area contributed by atoms with Crippen LogP contribution in [0.25, 0.3) is 0 Å². The third kappa shape index (κ3) is 4.90. The third-order valence-electron chi connectivity index (χ3n) is 4.31. The third-order valence-corrected chi connectivity index (χ3v) is 6.29. The van der Waals surface area contributed by atoms with Gasteiger partial charge >= 0.3 is 0 Å². The lowest BCUT2D eigenvalue weighted by atomic mass is 10.2. The Balaban J connectivity index is 2.01. The van der Waals surface area contributed by atoms with Gasteiger partial charge in [-0.2, -0.15) is 0 Å². The van der Waals surface area contributed by atoms with Gasteiger partial charge < -0.3 is 10.1 Å². The van der Waals surface area contributed by atoms with Crippen LogP contribution >= 0.6 is 11.6 Å². The molecule has 0 atom stereocenters. The Hall–Kier alpha value is -3.10. The summed E-state index contributed by atoms with van der Waals surface area (Å²) in [6, 6.07) is 16.0. The molecule has 3 aromatic rings. The van der Waals surface area contributed by atoms with Gasteiger partial charge in [-0.1, -0.05) is 35.9 Å². The Morgan fingerprint density at radius 2 is 1.87 bits per heavy atom. The second-order valence-electron chi connectivity index (χ2n) is 6.39. The van der Waals surface area contributed by atoms with E-state index in [1.807, 2.05) is 0 Å². The first kappa shape index (κ1) is 21.6. The lowest BCUT2D eigenvalue weighted by molar-refractivity contribution is -0.114. The van der Waals surface area contributed by atoms with Crippen LogP contribution in [0.2, 0.25) is 5.15 Å². The van der Waals surface area contributed by atoms with Crippen LogP contribution in [0.4, 0.5) is 11.4 Å². The van der Waals surface area contributed by atoms with Crippen molar-refractivity contribution in [2.75, 3.05) is 23.3 Å². The molecule has 1 heterocycles. The second kappa shape index (κ2) is 9.15. The molecule has 156 valence electrons. The number of amides is 1. The van der Waals surface area contributed by atoms with E-state index in [0.29, 0.717) is 22.7 Å². The van der Waals surface area contributed by atoms with Gasteiger partial charge in [0.1, 0.15) is 17.4 Å². The van der Waals surface area contributed by atoms with Crippen LogP contribution in [0, 0.1) is 6.92 Å². The molecule has 3 rings (SSSR count). The molecule has 30 heavy (non-hydrogen) atoms. The number of rotatable bonds is 7. The van der Waals surface area contributed by atoms with Crippen molar-refractivity contribution < 1.29 is 17.9 Å². The number of aromatic nitrogens is 1. The number of anilines is 2. The predicted octanol–water partition coefficient (Wildman–Crippen LogP) is 3.89. The van der Waals surface area contributed by atoms with Crippen molar-refractivity contribution in [1.29, 1.82) is 0 Å². The zero-order valence-electron chi connectivity index (χ0n) is 16.4. The second-order valence-corrected chi connectivity index (χ2v) is 8.64. The van der Waals surface area contributed by atoms with Gasteiger partial charge in [-0.05, 0) is 42.8 Å². The molecule has 2 aromatic carbocycles. The standard InChI is InChI=1S/C21H20ClN3O4S/c1-15-8-9-17(29-2)13-19(15)25(30(27,28)18-6-4-3-5-7-18)14-21(26)24-16-10-11-23-20(22)12-16/h3-13H,14H2,1-2H3,(H,23,24,26). The largest absolute Gasteiger partial charge is 0.497 e. The smallest absolute Gasteiger partial charge is 0.264 e. The minimum atomic E-state index is -4.02. The Labute approximate surface area is 180 Å². The van der Waals surface area contributed by atoms with Gasteiger partial charge in [0.2, 0.25) is 5.91 Å². The summed E-state index contributed by atoms with van der Waals surface area (Å²) in [7, 11) is -2.53. The normalized spacial score (nSPS) is 11.0. The molecule has 0 aliphatic rings. The molecule has 0 aliphatic carbocycles. The summed E-state index contributed by atoms with van der Waals surface area (Å²) in [6.07, 6.45) is 1.45. The first-order valence-electron chi connectivity index (χ1n) is 8.95. The fourth-order valence-electron chi connectivity index (χ4n) is 2.82. The van der Waals surface area contributed by atoms with E-state index in [2.05, 4.69) is 10.3 Å². The van der Waals surface area contributed by atoms with E-state index >= 15 is 0 Å². The number of benzene rings is 2. The maximum absolute atomic E-state index is 13.4. The fraction of sp³-hybridized carbons (Fsp3) is 0.143. The number of hydrogen-bond donors (Lipinski definition) is 1. The molecule has 7 nitrogen and oxygen atoms in total. The van der Waals surface area contributed by atoms with Crippen molar-refractivity contribution in [3.8, 4) is 5.75 Å². The summed E-state index contributed by atoms with van der Waals surface area (Å²) in [5.41, 5.74) is 1.44. The van der Waals surface area contributed by atoms with Crippen molar-refractivity contribution in [1.82, 2.24) is 4.98 Å². The van der Waals surface area contributed by atoms with Gasteiger partial charge in [0.15, 0.2) is 0 Å². The number of nitrogens with one attached hydrogen (secondary N) is 1. The number of carbonyl (C=O) groups excluding carboxylic acids is 1. The molecule has 9 heteroatoms. The van der Waals surface area contributed by atoms with Crippen molar-refractivity contribution in [2.45, 2.75) is 11.8 Å². The summed E-state index contributed by atoms with van der Waals surface area (Å²) in [5.74, 6) is -0.0517. The predicted molar refractivity (Wildman–Crippen MR) is 117 cm³/mol. The Kier molecular flexibility index (Phi) is 6.59. The summed E-state index contributed by atoms with van der Waals surface area (Å²) < 4.78 is 33.1. The summed E-state index contributed by atoms with van der Waals surface area (Å²) >= 11 is 5.85. The highest BCUT2D eigenvalue weighted by atomic mass is 35.5. The van der Waals surface area contributed by atoms with Crippen LogP contribution in [0.3, 0.4) is 0 Å². The van der Waals surface area contributed by atoms with E-state index in [-0.39, 0.29) is 10.0 Å². The monoisotopic (exact) mass is 445 g/mol. The molecule has 1 N–H and O–H groups in total. The Bertz CT molecular complexity index is 1150. The molecule has 0 fully saturated rings. The Morgan fingerprint density at radius 3 is 2.53 bits per heavy atom. The highest BCUT2D eigenvalue weighted by Crippen LogP contribution is 2.30. The van der Waals surface area contributed by atoms with E-state index in [0.717, 1.165) is 4.31 Å². The SMILES string of the molecule is COc1ccc(C)c(N(CC(=O)Nc2ccnc(Cl)c2)S(=O)(=O)c2ccccc2)c1. The van der Waals surface area contributed by atoms with E-state index in [1.54, 1.807) is 49.4 Å². The van der Waals surface area contributed by atoms with Crippen molar-refractivity contribution in [3.05, 3.63) is 77.6 Å². The first-order valence-corrected chi connectivity index (χ1v) is 10.8. The molecular formula is C21H20ClN3O4S. The maximum Gasteiger partial charge on any atom is 0.264 e. The van der Waals surface area contributed by atoms with Gasteiger partial charge in [0.25, 0.3) is 10.0 Å². The van der Waals surface area contributed by atoms with Crippen LogP contribution in [0.15, 0.2) is 71.8 Å². The van der Waals surface area contributed by atoms with Crippen LogP contribution in [-0.2, 0) is 14.8 Å². The zero-order chi connectivity index (χ0) is 21.7. The molecule has 0 saturated carbocycles. The van der Waals surface area contributed by atoms with Crippen molar-refractivity contribution in [2.24, 2.45) is 0 Å². The molecule has 0 unspecified atom stereocenters. The van der Waals surface area contributed by atoms with Crippen molar-refractivity contribution in [3.63, 3.8) is 0 Å². The van der Waals surface area contributed by atoms with E-state index in [1.165, 1.54) is 31.5 Å². The number of halogens is 1. The summed E-state index contributed by atoms with van der Waals surface area (Å²) in [6.45, 7) is 1.33. The fourth-order valence-corrected chi connectivity index (χ4v) is 4.49. The number of methoxy groups -OCH3 is 1. The molecule has 0 radical (unpaired) electrons.